The van der Waals surface area contributed by atoms with E-state index in [0.29, 0.717) is 12.8 Å². The van der Waals surface area contributed by atoms with Gasteiger partial charge in [-0.05, 0) is 64.2 Å². The van der Waals surface area contributed by atoms with Gasteiger partial charge in [0.1, 0.15) is 0 Å². The Bertz CT molecular complexity index is 604. The predicted molar refractivity (Wildman–Crippen MR) is 196 cm³/mol. The molecule has 2 atom stereocenters. The summed E-state index contributed by atoms with van der Waals surface area (Å²) in [6.07, 6.45) is 39.8. The Kier molecular flexibility index (Phi) is 47.9. The summed E-state index contributed by atoms with van der Waals surface area (Å²) in [5.74, 6) is -2.29. The molecule has 45 heavy (non-hydrogen) atoms. The van der Waals surface area contributed by atoms with Gasteiger partial charge in [-0.15, -0.1) is 23.2 Å². The SMILES string of the molecule is CCCCCCCCC=CCCCCCCC(Cl)C(=O)[O-].CCCCCCCCC=CCCCCCCC(Cl)C(=O)[O-].[CH3][Sn+2][CH3]. The van der Waals surface area contributed by atoms with Gasteiger partial charge in [0.2, 0.25) is 0 Å². The zero-order valence-corrected chi connectivity index (χ0v) is 34.1. The van der Waals surface area contributed by atoms with E-state index in [2.05, 4.69) is 48.0 Å². The number of aliphatic carboxylic acids is 2. The molecule has 0 rings (SSSR count). The Labute approximate surface area is 300 Å². The summed E-state index contributed by atoms with van der Waals surface area (Å²) >= 11 is 11.4. The first-order valence-corrected chi connectivity index (χ1v) is 24.9. The molecule has 0 bridgehead atoms. The first kappa shape index (κ1) is 49.2. The number of carboxylic acid groups (broad SMARTS) is 2. The van der Waals surface area contributed by atoms with Crippen LogP contribution >= 0.6 is 23.2 Å². The summed E-state index contributed by atoms with van der Waals surface area (Å²) in [6.45, 7) is 4.50. The van der Waals surface area contributed by atoms with Crippen molar-refractivity contribution >= 4 is 56.3 Å². The number of rotatable bonds is 30. The van der Waals surface area contributed by atoms with Gasteiger partial charge in [-0.1, -0.05) is 141 Å². The van der Waals surface area contributed by atoms with Crippen LogP contribution in [0.3, 0.4) is 0 Å². The van der Waals surface area contributed by atoms with Gasteiger partial charge in [0.15, 0.2) is 0 Å². The molecule has 0 aromatic rings. The summed E-state index contributed by atoms with van der Waals surface area (Å²) in [7, 11) is 0. The van der Waals surface area contributed by atoms with Gasteiger partial charge in [0.05, 0.1) is 22.7 Å². The number of halogens is 2. The molecular formula is C38H70Cl2O4Sn. The number of carboxylic acids is 2. The van der Waals surface area contributed by atoms with Gasteiger partial charge >= 0.3 is 31.0 Å². The van der Waals surface area contributed by atoms with Crippen LogP contribution in [0.25, 0.3) is 0 Å². The van der Waals surface area contributed by atoms with E-state index >= 15 is 0 Å². The van der Waals surface area contributed by atoms with E-state index in [1.807, 2.05) is 0 Å². The van der Waals surface area contributed by atoms with Gasteiger partial charge in [-0.2, -0.15) is 0 Å². The molecule has 2 unspecified atom stereocenters. The van der Waals surface area contributed by atoms with Crippen molar-refractivity contribution in [2.75, 3.05) is 0 Å². The normalized spacial score (nSPS) is 12.2. The molecule has 0 heterocycles. The molecule has 0 radical (unpaired) electrons. The number of unbranched alkanes of at least 4 members (excludes halogenated alkanes) is 20. The number of carbonyl (C=O) groups excluding carboxylic acids is 2. The fourth-order valence-electron chi connectivity index (χ4n) is 4.67. The van der Waals surface area contributed by atoms with E-state index in [4.69, 9.17) is 23.2 Å². The van der Waals surface area contributed by atoms with Crippen LogP contribution in [-0.2, 0) is 9.59 Å². The minimum atomic E-state index is -1.14. The molecule has 0 saturated carbocycles. The Hall–Kier alpha value is -0.201. The number of hydrogen-bond acceptors (Lipinski definition) is 4. The topological polar surface area (TPSA) is 80.3 Å². The van der Waals surface area contributed by atoms with Crippen LogP contribution in [0.5, 0.6) is 0 Å². The third-order valence-corrected chi connectivity index (χ3v) is 8.24. The number of alkyl halides is 2. The second kappa shape index (κ2) is 43.8. The molecule has 0 aromatic heterocycles. The van der Waals surface area contributed by atoms with Crippen molar-refractivity contribution in [2.45, 2.75) is 201 Å². The molecule has 0 N–H and O–H groups in total. The molecule has 0 aliphatic carbocycles. The average molecular weight is 781 g/mol. The fourth-order valence-corrected chi connectivity index (χ4v) is 4.98. The van der Waals surface area contributed by atoms with E-state index in [1.54, 1.807) is 0 Å². The van der Waals surface area contributed by atoms with Crippen molar-refractivity contribution < 1.29 is 19.8 Å². The van der Waals surface area contributed by atoms with Crippen LogP contribution < -0.4 is 10.2 Å². The Morgan fingerprint density at radius 2 is 0.711 bits per heavy atom. The van der Waals surface area contributed by atoms with E-state index in [0.717, 1.165) is 51.4 Å². The predicted octanol–water partition coefficient (Wildman–Crippen LogP) is 10.8. The first-order valence-electron chi connectivity index (χ1n) is 18.4. The maximum absolute atomic E-state index is 10.4. The third-order valence-electron chi connectivity index (χ3n) is 7.45. The van der Waals surface area contributed by atoms with E-state index in [1.165, 1.54) is 103 Å². The Morgan fingerprint density at radius 1 is 0.489 bits per heavy atom. The van der Waals surface area contributed by atoms with E-state index < -0.39 is 22.7 Å². The minimum absolute atomic E-state index is 0.230. The van der Waals surface area contributed by atoms with Gasteiger partial charge in [0, 0.05) is 0 Å². The number of allylic oxidation sites excluding steroid dienone is 4. The van der Waals surface area contributed by atoms with Crippen LogP contribution in [-0.4, -0.2) is 43.8 Å². The molecule has 0 saturated heterocycles. The fraction of sp³-hybridized carbons (Fsp3) is 0.842. The summed E-state index contributed by atoms with van der Waals surface area (Å²) in [4.78, 5) is 25.4. The van der Waals surface area contributed by atoms with Crippen molar-refractivity contribution in [1.29, 1.82) is 0 Å². The molecular weight excluding hydrogens is 710 g/mol. The van der Waals surface area contributed by atoms with Crippen LogP contribution in [0, 0.1) is 0 Å². The van der Waals surface area contributed by atoms with Crippen LogP contribution in [0.4, 0.5) is 0 Å². The molecule has 0 spiro atoms. The van der Waals surface area contributed by atoms with Crippen molar-refractivity contribution in [3.8, 4) is 0 Å². The summed E-state index contributed by atoms with van der Waals surface area (Å²) < 4.78 is 0. The molecule has 0 amide bonds. The second-order valence-electron chi connectivity index (χ2n) is 12.1. The Balaban J connectivity index is -0.000000720. The van der Waals surface area contributed by atoms with Crippen molar-refractivity contribution in [3.05, 3.63) is 24.3 Å². The number of hydrogen-bond donors (Lipinski definition) is 0. The zero-order valence-electron chi connectivity index (χ0n) is 29.7. The molecule has 0 fully saturated rings. The van der Waals surface area contributed by atoms with Crippen LogP contribution in [0.15, 0.2) is 24.3 Å². The molecule has 4 nitrogen and oxygen atoms in total. The van der Waals surface area contributed by atoms with E-state index in [-0.39, 0.29) is 21.1 Å². The maximum atomic E-state index is 10.4. The van der Waals surface area contributed by atoms with Crippen molar-refractivity contribution in [1.82, 2.24) is 0 Å². The quantitative estimate of drug-likeness (QED) is 0.0315. The zero-order chi connectivity index (χ0) is 34.2. The molecule has 264 valence electrons. The van der Waals surface area contributed by atoms with Crippen LogP contribution in [0.1, 0.15) is 181 Å². The first-order chi connectivity index (χ1) is 21.8. The van der Waals surface area contributed by atoms with Gasteiger partial charge in [0.25, 0.3) is 0 Å². The van der Waals surface area contributed by atoms with Gasteiger partial charge in [-0.3, -0.25) is 0 Å². The van der Waals surface area contributed by atoms with Gasteiger partial charge in [-0.25, -0.2) is 0 Å². The summed E-state index contributed by atoms with van der Waals surface area (Å²) in [5.41, 5.74) is 0. The summed E-state index contributed by atoms with van der Waals surface area (Å²) in [5, 5.41) is 19.2. The van der Waals surface area contributed by atoms with Crippen molar-refractivity contribution in [3.63, 3.8) is 0 Å². The average Bonchev–Trinajstić information content (AvgIpc) is 3.01. The van der Waals surface area contributed by atoms with E-state index in [9.17, 15) is 19.8 Å². The third kappa shape index (κ3) is 48.3. The monoisotopic (exact) mass is 780 g/mol. The Morgan fingerprint density at radius 3 is 0.956 bits per heavy atom. The number of carbonyl (C=O) groups is 2. The molecule has 0 aliphatic heterocycles. The van der Waals surface area contributed by atoms with Gasteiger partial charge < -0.3 is 19.8 Å². The molecule has 0 aliphatic rings. The van der Waals surface area contributed by atoms with Crippen molar-refractivity contribution in [2.24, 2.45) is 0 Å². The van der Waals surface area contributed by atoms with Crippen LogP contribution in [0.2, 0.25) is 9.88 Å². The molecule has 0 aromatic carbocycles. The standard InChI is InChI=1S/2C18H33ClO2.2CH3.Sn/c2*1-2-3-4-5-6-7-8-9-10-11-12-13-14-15-16-17(19)18(20)21;;;/h2*9-10,17H,2-8,11-16H2,1H3,(H,20,21);2*1H3;/q;;;;+2/p-2. The summed E-state index contributed by atoms with van der Waals surface area (Å²) in [6, 6.07) is 0. The second-order valence-corrected chi connectivity index (χ2v) is 16.0. The molecule has 7 heteroatoms.